The van der Waals surface area contributed by atoms with Gasteiger partial charge in [-0.2, -0.15) is 0 Å². The van der Waals surface area contributed by atoms with Crippen molar-refractivity contribution in [1.29, 1.82) is 0 Å². The summed E-state index contributed by atoms with van der Waals surface area (Å²) in [5, 5.41) is 11.5. The fourth-order valence-corrected chi connectivity index (χ4v) is 2.30. The largest absolute Gasteiger partial charge is 0.472 e. The molecule has 0 bridgehead atoms. The minimum atomic E-state index is 0.0445. The van der Waals surface area contributed by atoms with E-state index >= 15 is 0 Å². The van der Waals surface area contributed by atoms with Crippen LogP contribution >= 0.6 is 15.9 Å². The van der Waals surface area contributed by atoms with Crippen LogP contribution in [-0.2, 0) is 7.05 Å². The number of aryl methyl sites for hydroxylation is 1. The molecular formula is C11H15BrN4O. The van der Waals surface area contributed by atoms with Crippen LogP contribution in [0.1, 0.15) is 30.6 Å². The van der Waals surface area contributed by atoms with Crippen molar-refractivity contribution in [3.63, 3.8) is 0 Å². The maximum Gasteiger partial charge on any atom is 0.153 e. The fourth-order valence-electron chi connectivity index (χ4n) is 1.75. The van der Waals surface area contributed by atoms with E-state index in [9.17, 15) is 0 Å². The number of aromatic nitrogens is 3. The second kappa shape index (κ2) is 5.46. The lowest BCUT2D eigenvalue weighted by Gasteiger charge is -2.17. The minimum absolute atomic E-state index is 0.0445. The van der Waals surface area contributed by atoms with Crippen LogP contribution in [-0.4, -0.2) is 21.5 Å². The lowest BCUT2D eigenvalue weighted by molar-refractivity contribution is 0.529. The van der Waals surface area contributed by atoms with Crippen molar-refractivity contribution in [2.75, 3.05) is 6.54 Å². The van der Waals surface area contributed by atoms with E-state index in [1.165, 1.54) is 0 Å². The smallest absolute Gasteiger partial charge is 0.153 e. The molecule has 1 atom stereocenters. The van der Waals surface area contributed by atoms with E-state index in [0.717, 1.165) is 28.8 Å². The van der Waals surface area contributed by atoms with Crippen LogP contribution in [0.3, 0.4) is 0 Å². The van der Waals surface area contributed by atoms with Crippen molar-refractivity contribution < 1.29 is 4.42 Å². The second-order valence-electron chi connectivity index (χ2n) is 3.83. The molecule has 0 saturated carbocycles. The first-order chi connectivity index (χ1) is 8.24. The number of nitrogens with zero attached hydrogens (tertiary/aromatic N) is 3. The zero-order chi connectivity index (χ0) is 12.3. The lowest BCUT2D eigenvalue weighted by atomic mass is 10.1. The van der Waals surface area contributed by atoms with Crippen LogP contribution in [0.4, 0.5) is 0 Å². The highest BCUT2D eigenvalue weighted by molar-refractivity contribution is 9.10. The summed E-state index contributed by atoms with van der Waals surface area (Å²) >= 11 is 3.43. The topological polar surface area (TPSA) is 55.9 Å². The van der Waals surface area contributed by atoms with Crippen molar-refractivity contribution in [1.82, 2.24) is 20.3 Å². The Hall–Kier alpha value is -1.14. The van der Waals surface area contributed by atoms with Gasteiger partial charge in [-0.1, -0.05) is 12.1 Å². The molecule has 0 aliphatic rings. The summed E-state index contributed by atoms with van der Waals surface area (Å²) in [5.41, 5.74) is 2.07. The zero-order valence-electron chi connectivity index (χ0n) is 9.85. The first-order valence-corrected chi connectivity index (χ1v) is 6.34. The van der Waals surface area contributed by atoms with Gasteiger partial charge >= 0.3 is 0 Å². The number of rotatable bonds is 5. The molecule has 0 amide bonds. The van der Waals surface area contributed by atoms with Crippen molar-refractivity contribution in [3.05, 3.63) is 34.5 Å². The molecule has 0 radical (unpaired) electrons. The molecule has 5 nitrogen and oxygen atoms in total. The van der Waals surface area contributed by atoms with Gasteiger partial charge in [0.1, 0.15) is 0 Å². The number of hydrogen-bond donors (Lipinski definition) is 1. The molecule has 0 aliphatic heterocycles. The van der Waals surface area contributed by atoms with Crippen molar-refractivity contribution in [2.45, 2.75) is 19.4 Å². The molecule has 2 heterocycles. The number of furan rings is 1. The number of hydrogen-bond acceptors (Lipinski definition) is 4. The Morgan fingerprint density at radius 2 is 2.41 bits per heavy atom. The maximum atomic E-state index is 5.15. The standard InChI is InChI=1S/C11H15BrN4O/c1-3-5-13-9(8-4-6-17-7-8)10-11(12)14-15-16(10)2/h4,6-7,9,13H,3,5H2,1-2H3. The Morgan fingerprint density at radius 3 is 2.94 bits per heavy atom. The third-order valence-electron chi connectivity index (χ3n) is 2.58. The average molecular weight is 299 g/mol. The highest BCUT2D eigenvalue weighted by Crippen LogP contribution is 2.26. The normalized spacial score (nSPS) is 12.9. The van der Waals surface area contributed by atoms with Crippen molar-refractivity contribution in [3.8, 4) is 0 Å². The van der Waals surface area contributed by atoms with Crippen LogP contribution in [0.25, 0.3) is 0 Å². The predicted molar refractivity (Wildman–Crippen MR) is 67.5 cm³/mol. The summed E-state index contributed by atoms with van der Waals surface area (Å²) in [6.45, 7) is 3.06. The summed E-state index contributed by atoms with van der Waals surface area (Å²) in [4.78, 5) is 0. The van der Waals surface area contributed by atoms with E-state index in [4.69, 9.17) is 4.42 Å². The Labute approximate surface area is 108 Å². The molecular weight excluding hydrogens is 284 g/mol. The zero-order valence-corrected chi connectivity index (χ0v) is 11.4. The third-order valence-corrected chi connectivity index (χ3v) is 3.14. The molecule has 0 saturated heterocycles. The van der Waals surface area contributed by atoms with Gasteiger partial charge in [0.25, 0.3) is 0 Å². The molecule has 0 aliphatic carbocycles. The first kappa shape index (κ1) is 12.3. The summed E-state index contributed by atoms with van der Waals surface area (Å²) < 4.78 is 7.68. The van der Waals surface area contributed by atoms with Gasteiger partial charge in [0.2, 0.25) is 0 Å². The molecule has 1 unspecified atom stereocenters. The van der Waals surface area contributed by atoms with E-state index < -0.39 is 0 Å². The SMILES string of the molecule is CCCNC(c1ccoc1)c1c(Br)nnn1C. The molecule has 2 aromatic heterocycles. The predicted octanol–water partition coefficient (Wildman–Crippen LogP) is 2.26. The van der Waals surface area contributed by atoms with Gasteiger partial charge in [0.05, 0.1) is 24.3 Å². The van der Waals surface area contributed by atoms with Gasteiger partial charge in [0.15, 0.2) is 4.60 Å². The van der Waals surface area contributed by atoms with Gasteiger partial charge in [-0.25, -0.2) is 4.68 Å². The van der Waals surface area contributed by atoms with Crippen LogP contribution in [0.15, 0.2) is 27.6 Å². The van der Waals surface area contributed by atoms with E-state index in [-0.39, 0.29) is 6.04 Å². The van der Waals surface area contributed by atoms with Crippen LogP contribution in [0, 0.1) is 0 Å². The minimum Gasteiger partial charge on any atom is -0.472 e. The highest BCUT2D eigenvalue weighted by atomic mass is 79.9. The maximum absolute atomic E-state index is 5.15. The molecule has 0 aromatic carbocycles. The van der Waals surface area contributed by atoms with E-state index in [2.05, 4.69) is 38.5 Å². The lowest BCUT2D eigenvalue weighted by Crippen LogP contribution is -2.25. The quantitative estimate of drug-likeness (QED) is 0.920. The van der Waals surface area contributed by atoms with Gasteiger partial charge in [-0.15, -0.1) is 5.10 Å². The van der Waals surface area contributed by atoms with Gasteiger partial charge in [0, 0.05) is 12.6 Å². The number of halogens is 1. The summed E-state index contributed by atoms with van der Waals surface area (Å²) in [6, 6.07) is 2.00. The summed E-state index contributed by atoms with van der Waals surface area (Å²) in [5.74, 6) is 0. The Morgan fingerprint density at radius 1 is 1.59 bits per heavy atom. The molecule has 92 valence electrons. The molecule has 2 rings (SSSR count). The molecule has 6 heteroatoms. The second-order valence-corrected chi connectivity index (χ2v) is 4.58. The summed E-state index contributed by atoms with van der Waals surface area (Å²) in [6.07, 6.45) is 4.48. The van der Waals surface area contributed by atoms with Crippen LogP contribution in [0.5, 0.6) is 0 Å². The first-order valence-electron chi connectivity index (χ1n) is 5.54. The Bertz CT molecular complexity index is 446. The van der Waals surface area contributed by atoms with Crippen molar-refractivity contribution >= 4 is 15.9 Å². The average Bonchev–Trinajstić information content (AvgIpc) is 2.93. The van der Waals surface area contributed by atoms with E-state index in [1.54, 1.807) is 17.2 Å². The molecule has 0 spiro atoms. The Kier molecular flexibility index (Phi) is 3.96. The van der Waals surface area contributed by atoms with Crippen LogP contribution in [0.2, 0.25) is 0 Å². The molecule has 17 heavy (non-hydrogen) atoms. The summed E-state index contributed by atoms with van der Waals surface area (Å²) in [7, 11) is 1.88. The van der Waals surface area contributed by atoms with E-state index in [0.29, 0.717) is 0 Å². The van der Waals surface area contributed by atoms with Crippen molar-refractivity contribution in [2.24, 2.45) is 7.05 Å². The van der Waals surface area contributed by atoms with Gasteiger partial charge in [-0.05, 0) is 35.0 Å². The van der Waals surface area contributed by atoms with Gasteiger partial charge < -0.3 is 9.73 Å². The van der Waals surface area contributed by atoms with Gasteiger partial charge in [-0.3, -0.25) is 0 Å². The third kappa shape index (κ3) is 2.58. The van der Waals surface area contributed by atoms with E-state index in [1.807, 2.05) is 13.1 Å². The number of nitrogens with one attached hydrogen (secondary N) is 1. The fraction of sp³-hybridized carbons (Fsp3) is 0.455. The monoisotopic (exact) mass is 298 g/mol. The Balaban J connectivity index is 2.33. The molecule has 0 fully saturated rings. The highest BCUT2D eigenvalue weighted by Gasteiger charge is 2.22. The molecule has 1 N–H and O–H groups in total. The van der Waals surface area contributed by atoms with Crippen LogP contribution < -0.4 is 5.32 Å². The molecule has 2 aromatic rings.